The summed E-state index contributed by atoms with van der Waals surface area (Å²) in [6.07, 6.45) is 2.74. The summed E-state index contributed by atoms with van der Waals surface area (Å²) in [5.41, 5.74) is 3.61. The van der Waals surface area contributed by atoms with E-state index in [1.165, 1.54) is 12.1 Å². The molecule has 1 aliphatic rings. The highest BCUT2D eigenvalue weighted by molar-refractivity contribution is 9.10. The first kappa shape index (κ1) is 13.9. The quantitative estimate of drug-likeness (QED) is 0.663. The zero-order valence-corrected chi connectivity index (χ0v) is 12.0. The Balaban J connectivity index is 2.15. The number of rotatable bonds is 4. The van der Waals surface area contributed by atoms with E-state index < -0.39 is 0 Å². The molecule has 0 aliphatic carbocycles. The van der Waals surface area contributed by atoms with Crippen molar-refractivity contribution in [2.45, 2.75) is 37.8 Å². The highest BCUT2D eigenvalue weighted by Crippen LogP contribution is 2.31. The highest BCUT2D eigenvalue weighted by atomic mass is 79.9. The molecule has 1 aromatic carbocycles. The maximum atomic E-state index is 13.0. The molecule has 2 unspecified atom stereocenters. The van der Waals surface area contributed by atoms with Crippen LogP contribution in [0.25, 0.3) is 0 Å². The molecule has 0 radical (unpaired) electrons. The van der Waals surface area contributed by atoms with Crippen LogP contribution in [0.1, 0.15) is 25.3 Å². The molecule has 0 spiro atoms. The number of nitrogens with one attached hydrogen (secondary N) is 1. The van der Waals surface area contributed by atoms with Gasteiger partial charge in [0.25, 0.3) is 0 Å². The van der Waals surface area contributed by atoms with E-state index in [9.17, 15) is 4.39 Å². The van der Waals surface area contributed by atoms with Gasteiger partial charge in [0.2, 0.25) is 0 Å². The van der Waals surface area contributed by atoms with Crippen LogP contribution in [-0.4, -0.2) is 18.2 Å². The first-order valence-electron chi connectivity index (χ1n) is 6.09. The van der Waals surface area contributed by atoms with E-state index in [1.54, 1.807) is 6.07 Å². The van der Waals surface area contributed by atoms with Gasteiger partial charge in [-0.05, 0) is 43.9 Å². The van der Waals surface area contributed by atoms with Crippen molar-refractivity contribution in [2.24, 2.45) is 5.84 Å². The Morgan fingerprint density at radius 1 is 1.61 bits per heavy atom. The number of hydrogen-bond acceptors (Lipinski definition) is 3. The van der Waals surface area contributed by atoms with E-state index in [4.69, 9.17) is 10.6 Å². The van der Waals surface area contributed by atoms with E-state index in [-0.39, 0.29) is 17.5 Å². The standard InChI is InChI=1S/C13H18BrFN2O/c1-13(5-2-6-18-13)12(17-16)7-9-3-4-10(15)8-11(9)14/h3-4,8,12,17H,2,5-7,16H2,1H3. The third-order valence-electron chi connectivity index (χ3n) is 3.63. The Bertz CT molecular complexity index is 421. The maximum absolute atomic E-state index is 13.0. The summed E-state index contributed by atoms with van der Waals surface area (Å²) in [4.78, 5) is 0. The number of hydrazine groups is 1. The molecule has 5 heteroatoms. The second-order valence-electron chi connectivity index (χ2n) is 4.92. The minimum absolute atomic E-state index is 0.0155. The summed E-state index contributed by atoms with van der Waals surface area (Å²) in [6.45, 7) is 2.85. The van der Waals surface area contributed by atoms with Crippen LogP contribution in [-0.2, 0) is 11.2 Å². The predicted octanol–water partition coefficient (Wildman–Crippen LogP) is 2.53. The number of nitrogens with two attached hydrogens (primary N) is 1. The Labute approximate surface area is 115 Å². The smallest absolute Gasteiger partial charge is 0.124 e. The van der Waals surface area contributed by atoms with Gasteiger partial charge in [0.05, 0.1) is 11.6 Å². The third kappa shape index (κ3) is 2.91. The SMILES string of the molecule is CC1(C(Cc2ccc(F)cc2Br)NN)CCCO1. The zero-order valence-electron chi connectivity index (χ0n) is 10.4. The molecule has 0 bridgehead atoms. The topological polar surface area (TPSA) is 47.3 Å². The fraction of sp³-hybridized carbons (Fsp3) is 0.538. The van der Waals surface area contributed by atoms with Crippen LogP contribution in [0.5, 0.6) is 0 Å². The van der Waals surface area contributed by atoms with Crippen molar-refractivity contribution in [3.63, 3.8) is 0 Å². The van der Waals surface area contributed by atoms with E-state index in [0.717, 1.165) is 29.5 Å². The van der Waals surface area contributed by atoms with Gasteiger partial charge in [-0.25, -0.2) is 4.39 Å². The largest absolute Gasteiger partial charge is 0.374 e. The Hall–Kier alpha value is -0.490. The lowest BCUT2D eigenvalue weighted by Crippen LogP contribution is -2.52. The van der Waals surface area contributed by atoms with Crippen molar-refractivity contribution in [3.8, 4) is 0 Å². The number of halogens is 2. The van der Waals surface area contributed by atoms with Gasteiger partial charge in [0, 0.05) is 11.1 Å². The first-order valence-corrected chi connectivity index (χ1v) is 6.88. The molecule has 0 aromatic heterocycles. The molecule has 1 heterocycles. The molecular weight excluding hydrogens is 299 g/mol. The fourth-order valence-corrected chi connectivity index (χ4v) is 2.95. The average Bonchev–Trinajstić information content (AvgIpc) is 2.76. The van der Waals surface area contributed by atoms with Crippen molar-refractivity contribution >= 4 is 15.9 Å². The highest BCUT2D eigenvalue weighted by Gasteiger charge is 2.38. The molecule has 18 heavy (non-hydrogen) atoms. The summed E-state index contributed by atoms with van der Waals surface area (Å²) in [5, 5.41) is 0. The van der Waals surface area contributed by atoms with Gasteiger partial charge in [-0.2, -0.15) is 0 Å². The Kier molecular flexibility index (Phi) is 4.37. The van der Waals surface area contributed by atoms with Crippen LogP contribution >= 0.6 is 15.9 Å². The van der Waals surface area contributed by atoms with E-state index in [0.29, 0.717) is 6.42 Å². The molecule has 1 fully saturated rings. The van der Waals surface area contributed by atoms with Gasteiger partial charge in [-0.3, -0.25) is 11.3 Å². The summed E-state index contributed by atoms with van der Waals surface area (Å²) >= 11 is 3.38. The average molecular weight is 317 g/mol. The molecule has 2 rings (SSSR count). The van der Waals surface area contributed by atoms with Crippen LogP contribution < -0.4 is 11.3 Å². The van der Waals surface area contributed by atoms with Gasteiger partial charge < -0.3 is 4.74 Å². The van der Waals surface area contributed by atoms with Crippen molar-refractivity contribution in [1.29, 1.82) is 0 Å². The minimum Gasteiger partial charge on any atom is -0.374 e. The predicted molar refractivity (Wildman–Crippen MR) is 72.5 cm³/mol. The van der Waals surface area contributed by atoms with Crippen molar-refractivity contribution < 1.29 is 9.13 Å². The summed E-state index contributed by atoms with van der Waals surface area (Å²) in [5.74, 6) is 5.40. The molecule has 1 aliphatic heterocycles. The minimum atomic E-state index is -0.247. The second kappa shape index (κ2) is 5.65. The molecule has 100 valence electrons. The Morgan fingerprint density at radius 2 is 2.39 bits per heavy atom. The maximum Gasteiger partial charge on any atom is 0.124 e. The normalized spacial score (nSPS) is 25.3. The van der Waals surface area contributed by atoms with Crippen LogP contribution in [0.4, 0.5) is 4.39 Å². The molecular formula is C13H18BrFN2O. The Morgan fingerprint density at radius 3 is 2.94 bits per heavy atom. The molecule has 0 saturated carbocycles. The monoisotopic (exact) mass is 316 g/mol. The van der Waals surface area contributed by atoms with Crippen molar-refractivity contribution in [2.75, 3.05) is 6.61 Å². The lowest BCUT2D eigenvalue weighted by atomic mass is 9.89. The first-order chi connectivity index (χ1) is 8.55. The van der Waals surface area contributed by atoms with Gasteiger partial charge in [0.15, 0.2) is 0 Å². The molecule has 1 saturated heterocycles. The van der Waals surface area contributed by atoms with Crippen molar-refractivity contribution in [3.05, 3.63) is 34.1 Å². The van der Waals surface area contributed by atoms with E-state index in [2.05, 4.69) is 28.3 Å². The van der Waals surface area contributed by atoms with Gasteiger partial charge in [-0.1, -0.05) is 22.0 Å². The second-order valence-corrected chi connectivity index (χ2v) is 5.78. The van der Waals surface area contributed by atoms with Crippen LogP contribution in [0.2, 0.25) is 0 Å². The molecule has 3 N–H and O–H groups in total. The number of ether oxygens (including phenoxy) is 1. The fourth-order valence-electron chi connectivity index (χ4n) is 2.43. The molecule has 0 amide bonds. The van der Waals surface area contributed by atoms with Crippen LogP contribution in [0.3, 0.4) is 0 Å². The lowest BCUT2D eigenvalue weighted by Gasteiger charge is -2.33. The van der Waals surface area contributed by atoms with E-state index >= 15 is 0 Å². The third-order valence-corrected chi connectivity index (χ3v) is 4.36. The summed E-state index contributed by atoms with van der Waals surface area (Å²) in [7, 11) is 0. The van der Waals surface area contributed by atoms with Gasteiger partial charge in [-0.15, -0.1) is 0 Å². The molecule has 1 aromatic rings. The zero-order chi connectivity index (χ0) is 13.2. The number of benzene rings is 1. The lowest BCUT2D eigenvalue weighted by molar-refractivity contribution is -0.0115. The number of hydrogen-bond donors (Lipinski definition) is 2. The summed E-state index contributed by atoms with van der Waals surface area (Å²) in [6, 6.07) is 4.73. The van der Waals surface area contributed by atoms with E-state index in [1.807, 2.05) is 0 Å². The van der Waals surface area contributed by atoms with Crippen molar-refractivity contribution in [1.82, 2.24) is 5.43 Å². The van der Waals surface area contributed by atoms with Gasteiger partial charge >= 0.3 is 0 Å². The molecule has 3 nitrogen and oxygen atoms in total. The van der Waals surface area contributed by atoms with Crippen LogP contribution in [0, 0.1) is 5.82 Å². The molecule has 2 atom stereocenters. The summed E-state index contributed by atoms with van der Waals surface area (Å²) < 4.78 is 19.6. The van der Waals surface area contributed by atoms with Gasteiger partial charge in [0.1, 0.15) is 5.82 Å². The van der Waals surface area contributed by atoms with Crippen LogP contribution in [0.15, 0.2) is 22.7 Å².